The van der Waals surface area contributed by atoms with Gasteiger partial charge in [-0.1, -0.05) is 19.1 Å². The topological polar surface area (TPSA) is 38.4 Å². The van der Waals surface area contributed by atoms with Crippen LogP contribution in [-0.4, -0.2) is 22.1 Å². The smallest absolute Gasteiger partial charge is 0.0873 e. The number of hydrogen-bond donors (Lipinski definition) is 1. The molecule has 86 valence electrons. The van der Waals surface area contributed by atoms with Gasteiger partial charge < -0.3 is 5.73 Å². The minimum absolute atomic E-state index is 0.437. The van der Waals surface area contributed by atoms with Crippen molar-refractivity contribution in [2.24, 2.45) is 10.7 Å². The fourth-order valence-corrected chi connectivity index (χ4v) is 3.56. The van der Waals surface area contributed by atoms with Crippen LogP contribution in [0, 0.1) is 0 Å². The second kappa shape index (κ2) is 5.25. The number of para-hydroxylation sites is 1. The molecular weight excluding hydrogens is 236 g/mol. The SMILES string of the molecule is CC(CN)SC1=Nc2ccccc2SC1C. The molecule has 2 atom stereocenters. The molecule has 0 fully saturated rings. The van der Waals surface area contributed by atoms with Crippen molar-refractivity contribution in [2.45, 2.75) is 29.2 Å². The second-order valence-electron chi connectivity index (χ2n) is 3.84. The van der Waals surface area contributed by atoms with E-state index in [1.165, 1.54) is 9.94 Å². The molecule has 1 aromatic rings. The van der Waals surface area contributed by atoms with E-state index < -0.39 is 0 Å². The van der Waals surface area contributed by atoms with Gasteiger partial charge in [0.15, 0.2) is 0 Å². The van der Waals surface area contributed by atoms with Crippen LogP contribution < -0.4 is 5.73 Å². The summed E-state index contributed by atoms with van der Waals surface area (Å²) in [4.78, 5) is 6.00. The minimum atomic E-state index is 0.437. The summed E-state index contributed by atoms with van der Waals surface area (Å²) in [5.74, 6) is 0. The molecule has 1 aromatic carbocycles. The fraction of sp³-hybridized carbons (Fsp3) is 0.417. The van der Waals surface area contributed by atoms with E-state index in [0.29, 0.717) is 17.0 Å². The van der Waals surface area contributed by atoms with E-state index in [9.17, 15) is 0 Å². The van der Waals surface area contributed by atoms with Crippen LogP contribution in [0.3, 0.4) is 0 Å². The molecule has 2 N–H and O–H groups in total. The molecule has 0 aliphatic carbocycles. The summed E-state index contributed by atoms with van der Waals surface area (Å²) in [6.07, 6.45) is 0. The van der Waals surface area contributed by atoms with E-state index in [4.69, 9.17) is 10.7 Å². The highest BCUT2D eigenvalue weighted by Gasteiger charge is 2.21. The maximum absolute atomic E-state index is 5.65. The fourth-order valence-electron chi connectivity index (χ4n) is 1.48. The van der Waals surface area contributed by atoms with Gasteiger partial charge in [-0.2, -0.15) is 0 Å². The molecule has 0 saturated carbocycles. The largest absolute Gasteiger partial charge is 0.329 e. The molecule has 1 heterocycles. The maximum atomic E-state index is 5.65. The summed E-state index contributed by atoms with van der Waals surface area (Å²) in [5, 5.41) is 2.07. The van der Waals surface area contributed by atoms with Gasteiger partial charge in [0, 0.05) is 16.7 Å². The standard InChI is InChI=1S/C12H16N2S2/c1-8(7-13)15-12-9(2)16-11-6-4-3-5-10(11)14-12/h3-6,8-9H,7,13H2,1-2H3. The lowest BCUT2D eigenvalue weighted by Crippen LogP contribution is -2.20. The number of aliphatic imine (C=N–C) groups is 1. The van der Waals surface area contributed by atoms with Crippen LogP contribution in [0.5, 0.6) is 0 Å². The molecule has 1 aliphatic heterocycles. The first-order valence-electron chi connectivity index (χ1n) is 5.41. The van der Waals surface area contributed by atoms with E-state index in [2.05, 4.69) is 32.0 Å². The first kappa shape index (κ1) is 12.0. The molecule has 0 aromatic heterocycles. The van der Waals surface area contributed by atoms with Gasteiger partial charge >= 0.3 is 0 Å². The summed E-state index contributed by atoms with van der Waals surface area (Å²) >= 11 is 3.68. The number of nitrogens with two attached hydrogens (primary N) is 1. The first-order chi connectivity index (χ1) is 7.70. The van der Waals surface area contributed by atoms with Crippen molar-refractivity contribution in [2.75, 3.05) is 6.54 Å². The first-order valence-corrected chi connectivity index (χ1v) is 7.17. The lowest BCUT2D eigenvalue weighted by Gasteiger charge is -2.22. The predicted octanol–water partition coefficient (Wildman–Crippen LogP) is 3.29. The molecular formula is C12H16N2S2. The third-order valence-electron chi connectivity index (χ3n) is 2.40. The van der Waals surface area contributed by atoms with Crippen molar-refractivity contribution in [1.29, 1.82) is 0 Å². The van der Waals surface area contributed by atoms with Crippen LogP contribution in [-0.2, 0) is 0 Å². The highest BCUT2D eigenvalue weighted by Crippen LogP contribution is 2.40. The maximum Gasteiger partial charge on any atom is 0.0873 e. The van der Waals surface area contributed by atoms with Gasteiger partial charge in [0.05, 0.1) is 16.0 Å². The molecule has 2 rings (SSSR count). The molecule has 0 bridgehead atoms. The van der Waals surface area contributed by atoms with Crippen molar-refractivity contribution in [3.05, 3.63) is 24.3 Å². The Morgan fingerprint density at radius 2 is 2.25 bits per heavy atom. The van der Waals surface area contributed by atoms with Crippen molar-refractivity contribution in [1.82, 2.24) is 0 Å². The number of hydrogen-bond acceptors (Lipinski definition) is 4. The Hall–Kier alpha value is -0.450. The Bertz CT molecular complexity index is 404. The Morgan fingerprint density at radius 3 is 3.00 bits per heavy atom. The monoisotopic (exact) mass is 252 g/mol. The Morgan fingerprint density at radius 1 is 1.50 bits per heavy atom. The lowest BCUT2D eigenvalue weighted by molar-refractivity contribution is 0.956. The molecule has 0 radical (unpaired) electrons. The van der Waals surface area contributed by atoms with E-state index in [0.717, 1.165) is 5.69 Å². The van der Waals surface area contributed by atoms with E-state index in [-0.39, 0.29) is 0 Å². The summed E-state index contributed by atoms with van der Waals surface area (Å²) in [6, 6.07) is 8.30. The molecule has 4 heteroatoms. The molecule has 2 nitrogen and oxygen atoms in total. The highest BCUT2D eigenvalue weighted by molar-refractivity contribution is 8.16. The minimum Gasteiger partial charge on any atom is -0.329 e. The van der Waals surface area contributed by atoms with Crippen molar-refractivity contribution >= 4 is 34.3 Å². The quantitative estimate of drug-likeness (QED) is 0.877. The van der Waals surface area contributed by atoms with Crippen LogP contribution >= 0.6 is 23.5 Å². The zero-order valence-electron chi connectivity index (χ0n) is 9.51. The summed E-state index contributed by atoms with van der Waals surface area (Å²) < 4.78 is 0. The highest BCUT2D eigenvalue weighted by atomic mass is 32.2. The molecule has 2 unspecified atom stereocenters. The Kier molecular flexibility index (Phi) is 3.95. The summed E-state index contributed by atoms with van der Waals surface area (Å²) in [5.41, 5.74) is 6.74. The van der Waals surface area contributed by atoms with Crippen molar-refractivity contribution in [3.63, 3.8) is 0 Å². The molecule has 0 saturated heterocycles. The number of fused-ring (bicyclic) bond motifs is 1. The third kappa shape index (κ3) is 2.62. The van der Waals surface area contributed by atoms with E-state index in [1.807, 2.05) is 17.8 Å². The number of rotatable bonds is 2. The van der Waals surface area contributed by atoms with Gasteiger partial charge in [-0.25, -0.2) is 4.99 Å². The molecule has 1 aliphatic rings. The number of thioether (sulfide) groups is 2. The van der Waals surface area contributed by atoms with Crippen molar-refractivity contribution in [3.8, 4) is 0 Å². The normalized spacial score (nSPS) is 21.2. The van der Waals surface area contributed by atoms with Gasteiger partial charge in [0.2, 0.25) is 0 Å². The zero-order valence-corrected chi connectivity index (χ0v) is 11.1. The van der Waals surface area contributed by atoms with Crippen LogP contribution in [0.25, 0.3) is 0 Å². The Labute approximate surface area is 105 Å². The molecule has 0 spiro atoms. The van der Waals surface area contributed by atoms with Crippen LogP contribution in [0.15, 0.2) is 34.2 Å². The van der Waals surface area contributed by atoms with Gasteiger partial charge in [-0.05, 0) is 19.1 Å². The molecule has 16 heavy (non-hydrogen) atoms. The van der Waals surface area contributed by atoms with Gasteiger partial charge in [0.25, 0.3) is 0 Å². The number of nitrogens with zero attached hydrogens (tertiary/aromatic N) is 1. The third-order valence-corrected chi connectivity index (χ3v) is 5.01. The second-order valence-corrected chi connectivity index (χ2v) is 6.68. The predicted molar refractivity (Wildman–Crippen MR) is 75.0 cm³/mol. The molecule has 0 amide bonds. The lowest BCUT2D eigenvalue weighted by atomic mass is 10.3. The van der Waals surface area contributed by atoms with Gasteiger partial charge in [0.1, 0.15) is 0 Å². The average molecular weight is 252 g/mol. The van der Waals surface area contributed by atoms with Crippen LogP contribution in [0.1, 0.15) is 13.8 Å². The number of benzene rings is 1. The van der Waals surface area contributed by atoms with Crippen LogP contribution in [0.4, 0.5) is 5.69 Å². The van der Waals surface area contributed by atoms with Crippen molar-refractivity contribution < 1.29 is 0 Å². The van der Waals surface area contributed by atoms with Gasteiger partial charge in [-0.15, -0.1) is 23.5 Å². The Balaban J connectivity index is 2.23. The van der Waals surface area contributed by atoms with Crippen LogP contribution in [0.2, 0.25) is 0 Å². The van der Waals surface area contributed by atoms with E-state index >= 15 is 0 Å². The average Bonchev–Trinajstić information content (AvgIpc) is 2.30. The van der Waals surface area contributed by atoms with Gasteiger partial charge in [-0.3, -0.25) is 0 Å². The summed E-state index contributed by atoms with van der Waals surface area (Å²) in [6.45, 7) is 5.05. The van der Waals surface area contributed by atoms with E-state index in [1.54, 1.807) is 11.8 Å². The zero-order chi connectivity index (χ0) is 11.5. The summed E-state index contributed by atoms with van der Waals surface area (Å²) in [7, 11) is 0.